The molecule has 1 aromatic carbocycles. The number of benzene rings is 1. The topological polar surface area (TPSA) is 112 Å². The summed E-state index contributed by atoms with van der Waals surface area (Å²) in [6.45, 7) is 1.25. The van der Waals surface area contributed by atoms with Crippen LogP contribution in [0.5, 0.6) is 5.75 Å². The number of hydrogen-bond acceptors (Lipinski definition) is 8. The van der Waals surface area contributed by atoms with Gasteiger partial charge in [-0.15, -0.1) is 0 Å². The summed E-state index contributed by atoms with van der Waals surface area (Å²) in [4.78, 5) is 30.1. The fraction of sp³-hybridized carbons (Fsp3) is 0.192. The minimum atomic E-state index is -0.656. The molecule has 5 rings (SSSR count). The smallest absolute Gasteiger partial charge is 0.342 e. The fourth-order valence-corrected chi connectivity index (χ4v) is 3.99. The van der Waals surface area contributed by atoms with Crippen LogP contribution in [0, 0.1) is 6.92 Å². The number of rotatable bonds is 7. The standard InChI is InChI=1S/C26H23N5O5/c1-17-20(15-28-30(17)24-7-3-4-12-27-24)26(33)36-16-25(32)31-22(23-6-5-13-35-23)14-21(29-31)18-8-10-19(34-2)11-9-18/h3-13,15,22H,14,16H2,1-2H3. The van der Waals surface area contributed by atoms with Crippen molar-refractivity contribution in [3.63, 3.8) is 0 Å². The van der Waals surface area contributed by atoms with E-state index in [2.05, 4.69) is 15.2 Å². The van der Waals surface area contributed by atoms with Gasteiger partial charge in [0.2, 0.25) is 0 Å². The third kappa shape index (κ3) is 4.48. The summed E-state index contributed by atoms with van der Waals surface area (Å²) in [5.41, 5.74) is 2.38. The molecule has 1 aliphatic rings. The number of methoxy groups -OCH3 is 1. The summed E-state index contributed by atoms with van der Waals surface area (Å²) >= 11 is 0. The van der Waals surface area contributed by atoms with Crippen LogP contribution in [0.25, 0.3) is 5.82 Å². The number of pyridine rings is 1. The van der Waals surface area contributed by atoms with Crippen LogP contribution in [0.1, 0.15) is 39.8 Å². The molecule has 4 aromatic rings. The van der Waals surface area contributed by atoms with E-state index in [-0.39, 0.29) is 5.56 Å². The van der Waals surface area contributed by atoms with E-state index in [4.69, 9.17) is 13.9 Å². The lowest BCUT2D eigenvalue weighted by atomic mass is 10.0. The molecule has 4 heterocycles. The molecule has 0 saturated heterocycles. The van der Waals surface area contributed by atoms with Gasteiger partial charge in [0.15, 0.2) is 12.4 Å². The highest BCUT2D eigenvalue weighted by Gasteiger charge is 2.35. The van der Waals surface area contributed by atoms with E-state index in [0.29, 0.717) is 29.4 Å². The first kappa shape index (κ1) is 23.0. The molecule has 0 aliphatic carbocycles. The van der Waals surface area contributed by atoms with Crippen LogP contribution in [0.3, 0.4) is 0 Å². The van der Waals surface area contributed by atoms with E-state index in [9.17, 15) is 9.59 Å². The Bertz CT molecular complexity index is 1390. The number of ether oxygens (including phenoxy) is 2. The highest BCUT2D eigenvalue weighted by molar-refractivity contribution is 6.03. The number of aromatic nitrogens is 3. The van der Waals surface area contributed by atoms with Crippen molar-refractivity contribution in [1.29, 1.82) is 0 Å². The zero-order chi connectivity index (χ0) is 25.1. The first-order valence-electron chi connectivity index (χ1n) is 11.3. The van der Waals surface area contributed by atoms with Crippen molar-refractivity contribution in [3.8, 4) is 11.6 Å². The molecule has 0 N–H and O–H groups in total. The molecule has 3 aromatic heterocycles. The van der Waals surface area contributed by atoms with E-state index < -0.39 is 24.5 Å². The summed E-state index contributed by atoms with van der Waals surface area (Å²) in [7, 11) is 1.60. The van der Waals surface area contributed by atoms with E-state index in [1.807, 2.05) is 30.3 Å². The molecule has 10 nitrogen and oxygen atoms in total. The Kier molecular flexibility index (Phi) is 6.31. The molecule has 1 aliphatic heterocycles. The van der Waals surface area contributed by atoms with Gasteiger partial charge in [-0.2, -0.15) is 10.2 Å². The fourth-order valence-electron chi connectivity index (χ4n) is 3.99. The number of carbonyl (C=O) groups excluding carboxylic acids is 2. The predicted octanol–water partition coefficient (Wildman–Crippen LogP) is 3.71. The van der Waals surface area contributed by atoms with Gasteiger partial charge in [-0.05, 0) is 61.0 Å². The number of carbonyl (C=O) groups is 2. The molecule has 1 amide bonds. The van der Waals surface area contributed by atoms with Crippen LogP contribution >= 0.6 is 0 Å². The minimum Gasteiger partial charge on any atom is -0.497 e. The van der Waals surface area contributed by atoms with Crippen molar-refractivity contribution in [2.45, 2.75) is 19.4 Å². The summed E-state index contributed by atoms with van der Waals surface area (Å²) in [5, 5.41) is 10.1. The first-order valence-corrected chi connectivity index (χ1v) is 11.3. The number of esters is 1. The third-order valence-electron chi connectivity index (χ3n) is 5.88. The predicted molar refractivity (Wildman–Crippen MR) is 129 cm³/mol. The van der Waals surface area contributed by atoms with Gasteiger partial charge in [0.25, 0.3) is 5.91 Å². The summed E-state index contributed by atoms with van der Waals surface area (Å²) in [5.74, 6) is 0.763. The van der Waals surface area contributed by atoms with Crippen LogP contribution < -0.4 is 4.74 Å². The second kappa shape index (κ2) is 9.87. The maximum atomic E-state index is 13.1. The quantitative estimate of drug-likeness (QED) is 0.367. The lowest BCUT2D eigenvalue weighted by Crippen LogP contribution is -2.31. The highest BCUT2D eigenvalue weighted by atomic mass is 16.5. The molecular formula is C26H23N5O5. The number of amides is 1. The Morgan fingerprint density at radius 1 is 1.11 bits per heavy atom. The van der Waals surface area contributed by atoms with Gasteiger partial charge in [-0.3, -0.25) is 4.79 Å². The highest BCUT2D eigenvalue weighted by Crippen LogP contribution is 2.33. The average Bonchev–Trinajstić information content (AvgIpc) is 3.67. The molecular weight excluding hydrogens is 462 g/mol. The normalized spacial score (nSPS) is 15.0. The van der Waals surface area contributed by atoms with Gasteiger partial charge < -0.3 is 13.9 Å². The van der Waals surface area contributed by atoms with E-state index in [1.165, 1.54) is 15.9 Å². The van der Waals surface area contributed by atoms with Gasteiger partial charge in [0.1, 0.15) is 23.1 Å². The molecule has 0 saturated carbocycles. The Labute approximate surface area is 206 Å². The van der Waals surface area contributed by atoms with E-state index in [1.54, 1.807) is 50.8 Å². The van der Waals surface area contributed by atoms with Gasteiger partial charge in [0, 0.05) is 12.6 Å². The molecule has 1 unspecified atom stereocenters. The van der Waals surface area contributed by atoms with Gasteiger partial charge >= 0.3 is 5.97 Å². The molecule has 0 spiro atoms. The van der Waals surface area contributed by atoms with Crippen molar-refractivity contribution < 1.29 is 23.5 Å². The summed E-state index contributed by atoms with van der Waals surface area (Å²) in [6, 6.07) is 15.9. The van der Waals surface area contributed by atoms with Gasteiger partial charge in [-0.1, -0.05) is 6.07 Å². The second-order valence-corrected chi connectivity index (χ2v) is 8.07. The molecule has 0 radical (unpaired) electrons. The summed E-state index contributed by atoms with van der Waals surface area (Å²) < 4.78 is 17.7. The van der Waals surface area contributed by atoms with Crippen LogP contribution in [-0.2, 0) is 9.53 Å². The van der Waals surface area contributed by atoms with Gasteiger partial charge in [0.05, 0.1) is 31.0 Å². The van der Waals surface area contributed by atoms with Crippen molar-refractivity contribution in [1.82, 2.24) is 19.8 Å². The lowest BCUT2D eigenvalue weighted by Gasteiger charge is -2.19. The Balaban J connectivity index is 1.31. The van der Waals surface area contributed by atoms with Gasteiger partial charge in [-0.25, -0.2) is 19.5 Å². The SMILES string of the molecule is COc1ccc(C2=NN(C(=O)COC(=O)c3cnn(-c4ccccn4)c3C)C(c3ccco3)C2)cc1. The van der Waals surface area contributed by atoms with Crippen LogP contribution in [0.4, 0.5) is 0 Å². The third-order valence-corrected chi connectivity index (χ3v) is 5.88. The number of furan rings is 1. The van der Waals surface area contributed by atoms with Crippen LogP contribution in [0.15, 0.2) is 82.8 Å². The Hall–Kier alpha value is -4.73. The molecule has 182 valence electrons. The van der Waals surface area contributed by atoms with Crippen molar-refractivity contribution >= 4 is 17.6 Å². The number of hydrogen-bond donors (Lipinski definition) is 0. The number of hydrazone groups is 1. The molecule has 36 heavy (non-hydrogen) atoms. The van der Waals surface area contributed by atoms with Crippen molar-refractivity contribution in [3.05, 3.63) is 95.8 Å². The maximum absolute atomic E-state index is 13.1. The van der Waals surface area contributed by atoms with Crippen LogP contribution in [-0.4, -0.2) is 51.1 Å². The lowest BCUT2D eigenvalue weighted by molar-refractivity contribution is -0.136. The Morgan fingerprint density at radius 2 is 1.94 bits per heavy atom. The monoisotopic (exact) mass is 485 g/mol. The average molecular weight is 486 g/mol. The molecule has 10 heteroatoms. The molecule has 1 atom stereocenters. The largest absolute Gasteiger partial charge is 0.497 e. The summed E-state index contributed by atoms with van der Waals surface area (Å²) in [6.07, 6.45) is 5.04. The molecule has 0 fully saturated rings. The second-order valence-electron chi connectivity index (χ2n) is 8.07. The zero-order valence-electron chi connectivity index (χ0n) is 19.7. The van der Waals surface area contributed by atoms with E-state index >= 15 is 0 Å². The maximum Gasteiger partial charge on any atom is 0.342 e. The molecule has 0 bridgehead atoms. The van der Waals surface area contributed by atoms with Crippen molar-refractivity contribution in [2.75, 3.05) is 13.7 Å². The first-order chi connectivity index (χ1) is 17.5. The van der Waals surface area contributed by atoms with Crippen molar-refractivity contribution in [2.24, 2.45) is 5.10 Å². The zero-order valence-corrected chi connectivity index (χ0v) is 19.7. The Morgan fingerprint density at radius 3 is 2.64 bits per heavy atom. The van der Waals surface area contributed by atoms with Crippen LogP contribution in [0.2, 0.25) is 0 Å². The van der Waals surface area contributed by atoms with E-state index in [0.717, 1.165) is 11.3 Å². The minimum absolute atomic E-state index is 0.250. The number of nitrogens with zero attached hydrogens (tertiary/aromatic N) is 5.